The van der Waals surface area contributed by atoms with Gasteiger partial charge in [-0.3, -0.25) is 4.98 Å². The molecule has 64 valence electrons. The predicted octanol–water partition coefficient (Wildman–Crippen LogP) is -0.0840. The molecule has 2 rings (SSSR count). The minimum absolute atomic E-state index is 0.316. The van der Waals surface area contributed by atoms with Crippen molar-refractivity contribution < 1.29 is 8.42 Å². The quantitative estimate of drug-likeness (QED) is 0.613. The van der Waals surface area contributed by atoms with Gasteiger partial charge in [-0.25, -0.2) is 13.1 Å². The molecule has 12 heavy (non-hydrogen) atoms. The van der Waals surface area contributed by atoms with Crippen molar-refractivity contribution >= 4 is 10.0 Å². The molecule has 0 fully saturated rings. The summed E-state index contributed by atoms with van der Waals surface area (Å²) in [4.78, 5) is 4.31. The Morgan fingerprint density at radius 2 is 2.33 bits per heavy atom. The summed E-state index contributed by atoms with van der Waals surface area (Å²) in [6.45, 7) is 0.451. The van der Waals surface area contributed by atoms with Crippen molar-refractivity contribution in [2.75, 3.05) is 6.54 Å². The Kier molecular flexibility index (Phi) is 1.62. The van der Waals surface area contributed by atoms with E-state index in [0.29, 0.717) is 23.6 Å². The first-order valence-electron chi connectivity index (χ1n) is 3.64. The smallest absolute Gasteiger partial charge is 0.242 e. The van der Waals surface area contributed by atoms with Crippen LogP contribution in [0.25, 0.3) is 0 Å². The van der Waals surface area contributed by atoms with Gasteiger partial charge >= 0.3 is 0 Å². The minimum atomic E-state index is -3.25. The SMILES string of the molecule is O=S1(=O)NCCc2ncccc21. The minimum Gasteiger partial charge on any atom is -0.260 e. The molecule has 1 aromatic heterocycles. The average Bonchev–Trinajstić information content (AvgIpc) is 2.04. The van der Waals surface area contributed by atoms with Crippen LogP contribution in [-0.4, -0.2) is 19.9 Å². The van der Waals surface area contributed by atoms with Gasteiger partial charge in [0.05, 0.1) is 5.69 Å². The zero-order valence-electron chi connectivity index (χ0n) is 6.32. The first kappa shape index (κ1) is 7.70. The summed E-state index contributed by atoms with van der Waals surface area (Å²) in [5.41, 5.74) is 0.663. The van der Waals surface area contributed by atoms with Gasteiger partial charge in [0.1, 0.15) is 4.90 Å². The third kappa shape index (κ3) is 1.11. The summed E-state index contributed by atoms with van der Waals surface area (Å²) < 4.78 is 25.1. The lowest BCUT2D eigenvalue weighted by Crippen LogP contribution is -2.32. The Morgan fingerprint density at radius 3 is 3.08 bits per heavy atom. The van der Waals surface area contributed by atoms with E-state index >= 15 is 0 Å². The summed E-state index contributed by atoms with van der Waals surface area (Å²) in [6, 6.07) is 3.20. The zero-order valence-corrected chi connectivity index (χ0v) is 7.13. The molecule has 1 N–H and O–H groups in total. The van der Waals surface area contributed by atoms with Crippen molar-refractivity contribution in [2.24, 2.45) is 0 Å². The molecular weight excluding hydrogens is 176 g/mol. The lowest BCUT2D eigenvalue weighted by molar-refractivity contribution is 0.571. The predicted molar refractivity (Wildman–Crippen MR) is 43.1 cm³/mol. The molecule has 2 heterocycles. The molecule has 0 aliphatic carbocycles. The number of aromatic nitrogens is 1. The lowest BCUT2D eigenvalue weighted by Gasteiger charge is -2.15. The van der Waals surface area contributed by atoms with Crippen LogP contribution in [0.3, 0.4) is 0 Å². The van der Waals surface area contributed by atoms with Crippen LogP contribution in [0.2, 0.25) is 0 Å². The van der Waals surface area contributed by atoms with E-state index < -0.39 is 10.0 Å². The molecule has 0 saturated carbocycles. The van der Waals surface area contributed by atoms with E-state index in [0.717, 1.165) is 0 Å². The van der Waals surface area contributed by atoms with Gasteiger partial charge in [-0.1, -0.05) is 0 Å². The number of rotatable bonds is 0. The number of pyridine rings is 1. The number of nitrogens with one attached hydrogen (secondary N) is 1. The summed E-state index contributed by atoms with van der Waals surface area (Å²) >= 11 is 0. The van der Waals surface area contributed by atoms with Crippen molar-refractivity contribution in [1.29, 1.82) is 0 Å². The molecule has 0 atom stereocenters. The molecule has 0 unspecified atom stereocenters. The molecule has 1 aliphatic rings. The summed E-state index contributed by atoms with van der Waals surface area (Å²) in [7, 11) is -3.25. The van der Waals surface area contributed by atoms with Gasteiger partial charge in [-0.05, 0) is 12.1 Å². The third-order valence-corrected chi connectivity index (χ3v) is 3.33. The Labute approximate surface area is 70.7 Å². The maximum absolute atomic E-state index is 11.3. The van der Waals surface area contributed by atoms with Crippen molar-refractivity contribution in [2.45, 2.75) is 11.3 Å². The monoisotopic (exact) mass is 184 g/mol. The average molecular weight is 184 g/mol. The second-order valence-corrected chi connectivity index (χ2v) is 4.33. The molecule has 0 saturated heterocycles. The van der Waals surface area contributed by atoms with Crippen molar-refractivity contribution in [3.8, 4) is 0 Å². The van der Waals surface area contributed by atoms with Crippen LogP contribution < -0.4 is 4.72 Å². The maximum atomic E-state index is 11.3. The van der Waals surface area contributed by atoms with Gasteiger partial charge in [0.15, 0.2) is 0 Å². The fraction of sp³-hybridized carbons (Fsp3) is 0.286. The van der Waals surface area contributed by atoms with Gasteiger partial charge in [0.2, 0.25) is 10.0 Å². The lowest BCUT2D eigenvalue weighted by atomic mass is 10.3. The molecule has 5 heteroatoms. The highest BCUT2D eigenvalue weighted by atomic mass is 32.2. The Balaban J connectivity index is 2.67. The van der Waals surface area contributed by atoms with Crippen LogP contribution in [0.4, 0.5) is 0 Å². The van der Waals surface area contributed by atoms with Crippen LogP contribution in [-0.2, 0) is 16.4 Å². The van der Waals surface area contributed by atoms with E-state index in [2.05, 4.69) is 9.71 Å². The second-order valence-electron chi connectivity index (χ2n) is 2.60. The topological polar surface area (TPSA) is 59.1 Å². The highest BCUT2D eigenvalue weighted by Crippen LogP contribution is 2.16. The number of hydrogen-bond acceptors (Lipinski definition) is 3. The molecule has 0 aromatic carbocycles. The van der Waals surface area contributed by atoms with Crippen LogP contribution >= 0.6 is 0 Å². The fourth-order valence-corrected chi connectivity index (χ4v) is 2.49. The molecule has 1 aromatic rings. The summed E-state index contributed by atoms with van der Waals surface area (Å²) in [6.07, 6.45) is 2.29. The van der Waals surface area contributed by atoms with Crippen LogP contribution in [0, 0.1) is 0 Å². The summed E-state index contributed by atoms with van der Waals surface area (Å²) in [5.74, 6) is 0. The van der Waals surface area contributed by atoms with Gasteiger partial charge in [-0.2, -0.15) is 0 Å². The number of nitrogens with zero attached hydrogens (tertiary/aromatic N) is 1. The molecule has 1 aliphatic heterocycles. The number of hydrogen-bond donors (Lipinski definition) is 1. The fourth-order valence-electron chi connectivity index (χ4n) is 1.24. The Morgan fingerprint density at radius 1 is 1.50 bits per heavy atom. The van der Waals surface area contributed by atoms with E-state index in [1.807, 2.05) is 0 Å². The highest BCUT2D eigenvalue weighted by Gasteiger charge is 2.22. The molecule has 0 radical (unpaired) electrons. The van der Waals surface area contributed by atoms with Crippen molar-refractivity contribution in [1.82, 2.24) is 9.71 Å². The molecule has 0 spiro atoms. The van der Waals surface area contributed by atoms with E-state index in [4.69, 9.17) is 0 Å². The Bertz CT molecular complexity index is 400. The van der Waals surface area contributed by atoms with E-state index in [1.165, 1.54) is 0 Å². The first-order valence-corrected chi connectivity index (χ1v) is 5.12. The number of fused-ring (bicyclic) bond motifs is 1. The molecule has 0 amide bonds. The first-order chi connectivity index (χ1) is 5.70. The third-order valence-electron chi connectivity index (χ3n) is 1.79. The van der Waals surface area contributed by atoms with Crippen molar-refractivity contribution in [3.05, 3.63) is 24.0 Å². The molecule has 4 nitrogen and oxygen atoms in total. The van der Waals surface area contributed by atoms with Gasteiger partial charge in [-0.15, -0.1) is 0 Å². The largest absolute Gasteiger partial charge is 0.260 e. The number of sulfonamides is 1. The standard InChI is InChI=1S/C7H8N2O2S/c10-12(11)7-2-1-4-8-6(7)3-5-9-12/h1-2,4,9H,3,5H2. The van der Waals surface area contributed by atoms with Gasteiger partial charge < -0.3 is 0 Å². The van der Waals surface area contributed by atoms with Crippen molar-refractivity contribution in [3.63, 3.8) is 0 Å². The summed E-state index contributed by atoms with van der Waals surface area (Å²) in [5, 5.41) is 0. The normalized spacial score (nSPS) is 20.0. The van der Waals surface area contributed by atoms with Gasteiger partial charge in [0, 0.05) is 19.2 Å². The highest BCUT2D eigenvalue weighted by molar-refractivity contribution is 7.89. The Hall–Kier alpha value is -0.940. The van der Waals surface area contributed by atoms with E-state index in [-0.39, 0.29) is 0 Å². The van der Waals surface area contributed by atoms with Crippen LogP contribution in [0.5, 0.6) is 0 Å². The van der Waals surface area contributed by atoms with E-state index in [9.17, 15) is 8.42 Å². The van der Waals surface area contributed by atoms with Crippen LogP contribution in [0.15, 0.2) is 23.2 Å². The van der Waals surface area contributed by atoms with Crippen LogP contribution in [0.1, 0.15) is 5.69 Å². The second kappa shape index (κ2) is 2.53. The maximum Gasteiger partial charge on any atom is 0.242 e. The molecule has 0 bridgehead atoms. The van der Waals surface area contributed by atoms with Gasteiger partial charge in [0.25, 0.3) is 0 Å². The van der Waals surface area contributed by atoms with E-state index in [1.54, 1.807) is 18.3 Å². The zero-order chi connectivity index (χ0) is 8.60. The molecular formula is C7H8N2O2S.